The van der Waals surface area contributed by atoms with Crippen LogP contribution in [0, 0.1) is 5.82 Å². The van der Waals surface area contributed by atoms with Gasteiger partial charge in [0.1, 0.15) is 11.6 Å². The number of thiazole rings is 1. The Balaban J connectivity index is 1.60. The largest absolute Gasteiger partial charge is 0.497 e. The lowest BCUT2D eigenvalue weighted by atomic mass is 10.1. The highest BCUT2D eigenvalue weighted by atomic mass is 32.2. The second kappa shape index (κ2) is 7.62. The van der Waals surface area contributed by atoms with Crippen LogP contribution >= 0.6 is 23.1 Å². The van der Waals surface area contributed by atoms with Crippen LogP contribution in [0.25, 0.3) is 0 Å². The van der Waals surface area contributed by atoms with Crippen molar-refractivity contribution >= 4 is 23.1 Å². The summed E-state index contributed by atoms with van der Waals surface area (Å²) in [6.45, 7) is 0. The first-order valence-electron chi connectivity index (χ1n) is 7.18. The third-order valence-corrected chi connectivity index (χ3v) is 5.31. The molecule has 2 nitrogen and oxygen atoms in total. The van der Waals surface area contributed by atoms with E-state index in [-0.39, 0.29) is 5.82 Å². The van der Waals surface area contributed by atoms with E-state index in [1.807, 2.05) is 35.7 Å². The third-order valence-electron chi connectivity index (χ3n) is 3.33. The first-order valence-corrected chi connectivity index (χ1v) is 9.04. The summed E-state index contributed by atoms with van der Waals surface area (Å²) in [4.78, 5) is 5.30. The molecule has 0 radical (unpaired) electrons. The van der Waals surface area contributed by atoms with Gasteiger partial charge in [-0.05, 0) is 29.8 Å². The zero-order valence-corrected chi connectivity index (χ0v) is 14.3. The molecule has 118 valence electrons. The van der Waals surface area contributed by atoms with Crippen molar-refractivity contribution in [2.24, 2.45) is 0 Å². The topological polar surface area (TPSA) is 22.1 Å². The molecule has 0 aliphatic carbocycles. The van der Waals surface area contributed by atoms with Gasteiger partial charge in [-0.3, -0.25) is 0 Å². The van der Waals surface area contributed by atoms with E-state index in [1.165, 1.54) is 23.4 Å². The summed E-state index contributed by atoms with van der Waals surface area (Å²) in [7, 11) is 1.66. The fourth-order valence-electron chi connectivity index (χ4n) is 2.13. The van der Waals surface area contributed by atoms with E-state index < -0.39 is 0 Å². The quantitative estimate of drug-likeness (QED) is 0.575. The Hall–Kier alpha value is -1.85. The highest BCUT2D eigenvalue weighted by Crippen LogP contribution is 2.26. The van der Waals surface area contributed by atoms with Crippen LogP contribution < -0.4 is 4.74 Å². The number of rotatable bonds is 6. The van der Waals surface area contributed by atoms with Crippen LogP contribution in [-0.4, -0.2) is 12.1 Å². The van der Waals surface area contributed by atoms with Gasteiger partial charge < -0.3 is 4.74 Å². The molecule has 3 rings (SSSR count). The second-order valence-electron chi connectivity index (χ2n) is 4.98. The molecule has 0 saturated carbocycles. The summed E-state index contributed by atoms with van der Waals surface area (Å²) in [5.74, 6) is 1.36. The van der Waals surface area contributed by atoms with E-state index in [9.17, 15) is 4.39 Å². The zero-order chi connectivity index (χ0) is 16.1. The first-order chi connectivity index (χ1) is 11.2. The van der Waals surface area contributed by atoms with Gasteiger partial charge in [0.2, 0.25) is 0 Å². The van der Waals surface area contributed by atoms with Gasteiger partial charge in [-0.1, -0.05) is 24.3 Å². The number of methoxy groups -OCH3 is 1. The highest BCUT2D eigenvalue weighted by molar-refractivity contribution is 7.98. The Morgan fingerprint density at radius 3 is 2.65 bits per heavy atom. The Morgan fingerprint density at radius 2 is 1.91 bits per heavy atom. The molecular formula is C18H16FNOS2. The molecule has 2 aromatic carbocycles. The average molecular weight is 345 g/mol. The van der Waals surface area contributed by atoms with Crippen molar-refractivity contribution in [2.45, 2.75) is 17.1 Å². The molecule has 0 aliphatic rings. The van der Waals surface area contributed by atoms with Crippen molar-refractivity contribution < 1.29 is 9.13 Å². The number of halogens is 1. The van der Waals surface area contributed by atoms with Gasteiger partial charge in [0, 0.05) is 22.4 Å². The van der Waals surface area contributed by atoms with Gasteiger partial charge >= 0.3 is 0 Å². The summed E-state index contributed by atoms with van der Waals surface area (Å²) in [6, 6.07) is 14.8. The Labute approximate surface area is 143 Å². The summed E-state index contributed by atoms with van der Waals surface area (Å²) in [6.07, 6.45) is 0.805. The molecule has 0 N–H and O–H groups in total. The lowest BCUT2D eigenvalue weighted by molar-refractivity contribution is 0.414. The van der Waals surface area contributed by atoms with Gasteiger partial charge in [0.15, 0.2) is 0 Å². The molecule has 0 bridgehead atoms. The Bertz CT molecular complexity index is 771. The first kappa shape index (κ1) is 16.0. The number of ether oxygens (including phenoxy) is 1. The number of hydrogen-bond donors (Lipinski definition) is 0. The van der Waals surface area contributed by atoms with E-state index >= 15 is 0 Å². The van der Waals surface area contributed by atoms with E-state index in [0.717, 1.165) is 22.9 Å². The molecule has 0 fully saturated rings. The minimum Gasteiger partial charge on any atom is -0.497 e. The molecule has 0 saturated heterocycles. The van der Waals surface area contributed by atoms with Crippen LogP contribution in [0.2, 0.25) is 0 Å². The molecule has 1 aromatic heterocycles. The third kappa shape index (κ3) is 4.33. The Morgan fingerprint density at radius 1 is 1.13 bits per heavy atom. The van der Waals surface area contributed by atoms with Crippen molar-refractivity contribution in [2.75, 3.05) is 7.11 Å². The maximum absolute atomic E-state index is 13.6. The van der Waals surface area contributed by atoms with E-state index in [4.69, 9.17) is 4.74 Å². The SMILES string of the molecule is COc1ccc(Cc2nc(CSc3ccccc3F)cs2)cc1. The normalized spacial score (nSPS) is 10.7. The van der Waals surface area contributed by atoms with Gasteiger partial charge in [0.05, 0.1) is 17.8 Å². The second-order valence-corrected chi connectivity index (χ2v) is 6.94. The predicted molar refractivity (Wildman–Crippen MR) is 93.9 cm³/mol. The number of benzene rings is 2. The summed E-state index contributed by atoms with van der Waals surface area (Å²) in [5, 5.41) is 3.12. The lowest BCUT2D eigenvalue weighted by Gasteiger charge is -2.02. The fraction of sp³-hybridized carbons (Fsp3) is 0.167. The number of aromatic nitrogens is 1. The molecule has 3 aromatic rings. The lowest BCUT2D eigenvalue weighted by Crippen LogP contribution is -1.90. The molecule has 0 spiro atoms. The highest BCUT2D eigenvalue weighted by Gasteiger charge is 2.06. The maximum atomic E-state index is 13.6. The van der Waals surface area contributed by atoms with Crippen molar-refractivity contribution in [3.05, 3.63) is 76.0 Å². The van der Waals surface area contributed by atoms with Crippen LogP contribution in [0.4, 0.5) is 4.39 Å². The van der Waals surface area contributed by atoms with Crippen molar-refractivity contribution in [1.82, 2.24) is 4.98 Å². The summed E-state index contributed by atoms with van der Waals surface area (Å²) < 4.78 is 18.8. The van der Waals surface area contributed by atoms with E-state index in [2.05, 4.69) is 4.98 Å². The zero-order valence-electron chi connectivity index (χ0n) is 12.7. The molecule has 5 heteroatoms. The van der Waals surface area contributed by atoms with Crippen LogP contribution in [-0.2, 0) is 12.2 Å². The summed E-state index contributed by atoms with van der Waals surface area (Å²) in [5.41, 5.74) is 2.19. The van der Waals surface area contributed by atoms with Crippen molar-refractivity contribution in [3.8, 4) is 5.75 Å². The number of thioether (sulfide) groups is 1. The van der Waals surface area contributed by atoms with Crippen LogP contribution in [0.1, 0.15) is 16.3 Å². The fourth-order valence-corrected chi connectivity index (χ4v) is 3.89. The minimum atomic E-state index is -0.175. The Kier molecular flexibility index (Phi) is 5.31. The van der Waals surface area contributed by atoms with Crippen LogP contribution in [0.3, 0.4) is 0 Å². The molecule has 23 heavy (non-hydrogen) atoms. The van der Waals surface area contributed by atoms with Gasteiger partial charge in [-0.25, -0.2) is 9.37 Å². The minimum absolute atomic E-state index is 0.175. The van der Waals surface area contributed by atoms with Gasteiger partial charge in [0.25, 0.3) is 0 Å². The van der Waals surface area contributed by atoms with Gasteiger partial charge in [-0.15, -0.1) is 23.1 Å². The smallest absolute Gasteiger partial charge is 0.136 e. The maximum Gasteiger partial charge on any atom is 0.136 e. The monoisotopic (exact) mass is 345 g/mol. The molecule has 0 unspecified atom stereocenters. The molecular weight excluding hydrogens is 329 g/mol. The molecule has 0 aliphatic heterocycles. The number of hydrogen-bond acceptors (Lipinski definition) is 4. The van der Waals surface area contributed by atoms with Crippen molar-refractivity contribution in [3.63, 3.8) is 0 Å². The van der Waals surface area contributed by atoms with Gasteiger partial charge in [-0.2, -0.15) is 0 Å². The van der Waals surface area contributed by atoms with Crippen LogP contribution in [0.15, 0.2) is 58.8 Å². The number of nitrogens with zero attached hydrogens (tertiary/aromatic N) is 1. The van der Waals surface area contributed by atoms with Crippen LogP contribution in [0.5, 0.6) is 5.75 Å². The molecule has 0 atom stereocenters. The van der Waals surface area contributed by atoms with E-state index in [0.29, 0.717) is 10.6 Å². The molecule has 0 amide bonds. The van der Waals surface area contributed by atoms with E-state index in [1.54, 1.807) is 30.6 Å². The van der Waals surface area contributed by atoms with Crippen molar-refractivity contribution in [1.29, 1.82) is 0 Å². The summed E-state index contributed by atoms with van der Waals surface area (Å²) >= 11 is 3.12. The predicted octanol–water partition coefficient (Wildman–Crippen LogP) is 5.17. The standard InChI is InChI=1S/C18H16FNOS2/c1-21-15-8-6-13(7-9-15)10-18-20-14(12-23-18)11-22-17-5-3-2-4-16(17)19/h2-9,12H,10-11H2,1H3. The molecule has 1 heterocycles. The average Bonchev–Trinajstić information content (AvgIpc) is 3.02.